The third kappa shape index (κ3) is 3.02. The van der Waals surface area contributed by atoms with Crippen LogP contribution in [0.25, 0.3) is 0 Å². The average molecular weight is 343 g/mol. The number of carbonyl (C=O) groups is 1. The monoisotopic (exact) mass is 343 g/mol. The van der Waals surface area contributed by atoms with Gasteiger partial charge >= 0.3 is 0 Å². The summed E-state index contributed by atoms with van der Waals surface area (Å²) in [6.07, 6.45) is 5.59. The van der Waals surface area contributed by atoms with E-state index in [1.807, 2.05) is 53.2 Å². The molecule has 1 aromatic heterocycles. The van der Waals surface area contributed by atoms with Crippen LogP contribution in [0, 0.1) is 6.92 Å². The van der Waals surface area contributed by atoms with Crippen LogP contribution in [-0.2, 0) is 11.3 Å². The SMILES string of the molecule is Cc1cnn(C[C@H]2CCCN2C(=O)[C@H]2CSc3ccccc3O2)c1. The molecule has 0 unspecified atom stereocenters. The van der Waals surface area contributed by atoms with Gasteiger partial charge in [-0.1, -0.05) is 12.1 Å². The fraction of sp³-hybridized carbons (Fsp3) is 0.444. The summed E-state index contributed by atoms with van der Waals surface area (Å²) in [6, 6.07) is 8.14. The summed E-state index contributed by atoms with van der Waals surface area (Å²) in [4.78, 5) is 16.1. The first kappa shape index (κ1) is 15.6. The second-order valence-electron chi connectivity index (χ2n) is 6.43. The molecule has 0 radical (unpaired) electrons. The van der Waals surface area contributed by atoms with Crippen LogP contribution in [0.15, 0.2) is 41.6 Å². The van der Waals surface area contributed by atoms with Gasteiger partial charge in [0.15, 0.2) is 6.10 Å². The Labute approximate surface area is 146 Å². The lowest BCUT2D eigenvalue weighted by atomic mass is 10.2. The number of benzene rings is 1. The van der Waals surface area contributed by atoms with Crippen LogP contribution in [0.5, 0.6) is 5.75 Å². The lowest BCUT2D eigenvalue weighted by Crippen LogP contribution is -2.47. The number of carbonyl (C=O) groups excluding carboxylic acids is 1. The number of rotatable bonds is 3. The maximum atomic E-state index is 13.0. The summed E-state index contributed by atoms with van der Waals surface area (Å²) in [6.45, 7) is 3.61. The molecule has 2 atom stereocenters. The first-order chi connectivity index (χ1) is 11.7. The fourth-order valence-electron chi connectivity index (χ4n) is 3.42. The van der Waals surface area contributed by atoms with Crippen molar-refractivity contribution in [2.75, 3.05) is 12.3 Å². The van der Waals surface area contributed by atoms with Crippen molar-refractivity contribution in [3.63, 3.8) is 0 Å². The zero-order chi connectivity index (χ0) is 16.5. The molecule has 0 bridgehead atoms. The van der Waals surface area contributed by atoms with Gasteiger partial charge in [-0.05, 0) is 37.5 Å². The minimum absolute atomic E-state index is 0.114. The number of nitrogens with zero attached hydrogens (tertiary/aromatic N) is 3. The molecule has 5 nitrogen and oxygen atoms in total. The minimum Gasteiger partial charge on any atom is -0.479 e. The maximum Gasteiger partial charge on any atom is 0.264 e. The fourth-order valence-corrected chi connectivity index (χ4v) is 4.40. The van der Waals surface area contributed by atoms with Crippen molar-refractivity contribution in [1.29, 1.82) is 0 Å². The number of likely N-dealkylation sites (tertiary alicyclic amines) is 1. The molecular formula is C18H21N3O2S. The highest BCUT2D eigenvalue weighted by Crippen LogP contribution is 2.36. The van der Waals surface area contributed by atoms with E-state index in [1.54, 1.807) is 11.8 Å². The molecule has 1 saturated heterocycles. The number of thioether (sulfide) groups is 1. The number of para-hydroxylation sites is 1. The van der Waals surface area contributed by atoms with E-state index in [1.165, 1.54) is 0 Å². The van der Waals surface area contributed by atoms with E-state index in [-0.39, 0.29) is 18.1 Å². The molecule has 0 aliphatic carbocycles. The number of ether oxygens (including phenoxy) is 1. The van der Waals surface area contributed by atoms with E-state index in [4.69, 9.17) is 4.74 Å². The summed E-state index contributed by atoms with van der Waals surface area (Å²) in [5.74, 6) is 1.62. The van der Waals surface area contributed by atoms with E-state index in [0.29, 0.717) is 5.75 Å². The molecular weight excluding hydrogens is 322 g/mol. The highest BCUT2D eigenvalue weighted by atomic mass is 32.2. The highest BCUT2D eigenvalue weighted by molar-refractivity contribution is 7.99. The van der Waals surface area contributed by atoms with Gasteiger partial charge in [-0.2, -0.15) is 5.10 Å². The number of aryl methyl sites for hydroxylation is 1. The number of aromatic nitrogens is 2. The molecule has 3 heterocycles. The summed E-state index contributed by atoms with van der Waals surface area (Å²) in [7, 11) is 0. The number of hydrogen-bond donors (Lipinski definition) is 0. The Morgan fingerprint density at radius 2 is 2.29 bits per heavy atom. The highest BCUT2D eigenvalue weighted by Gasteiger charge is 2.36. The topological polar surface area (TPSA) is 47.4 Å². The molecule has 24 heavy (non-hydrogen) atoms. The molecule has 1 amide bonds. The van der Waals surface area contributed by atoms with Crippen LogP contribution in [0.3, 0.4) is 0 Å². The normalized spacial score (nSPS) is 23.0. The Hall–Kier alpha value is -1.95. The van der Waals surface area contributed by atoms with Crippen molar-refractivity contribution in [2.24, 2.45) is 0 Å². The smallest absolute Gasteiger partial charge is 0.264 e. The number of fused-ring (bicyclic) bond motifs is 1. The summed E-state index contributed by atoms with van der Waals surface area (Å²) in [5, 5.41) is 4.36. The Kier molecular flexibility index (Phi) is 4.22. The van der Waals surface area contributed by atoms with Crippen LogP contribution in [0.2, 0.25) is 0 Å². The van der Waals surface area contributed by atoms with Crippen LogP contribution in [-0.4, -0.2) is 45.0 Å². The zero-order valence-electron chi connectivity index (χ0n) is 13.7. The van der Waals surface area contributed by atoms with Crippen molar-refractivity contribution in [3.8, 4) is 5.75 Å². The third-order valence-corrected chi connectivity index (χ3v) is 5.72. The van der Waals surface area contributed by atoms with Gasteiger partial charge in [-0.3, -0.25) is 9.48 Å². The van der Waals surface area contributed by atoms with Gasteiger partial charge in [0.1, 0.15) is 5.75 Å². The van der Waals surface area contributed by atoms with Crippen molar-refractivity contribution < 1.29 is 9.53 Å². The molecule has 6 heteroatoms. The molecule has 2 aromatic rings. The number of hydrogen-bond acceptors (Lipinski definition) is 4. The Morgan fingerprint density at radius 3 is 3.12 bits per heavy atom. The number of amides is 1. The second kappa shape index (κ2) is 6.51. The molecule has 0 saturated carbocycles. The second-order valence-corrected chi connectivity index (χ2v) is 7.49. The van der Waals surface area contributed by atoms with E-state index in [2.05, 4.69) is 5.10 Å². The minimum atomic E-state index is -0.384. The van der Waals surface area contributed by atoms with Gasteiger partial charge in [0.05, 0.1) is 18.8 Å². The molecule has 1 aromatic carbocycles. The predicted molar refractivity (Wildman–Crippen MR) is 93.3 cm³/mol. The first-order valence-corrected chi connectivity index (χ1v) is 9.37. The lowest BCUT2D eigenvalue weighted by Gasteiger charge is -2.31. The molecule has 1 fully saturated rings. The van der Waals surface area contributed by atoms with Gasteiger partial charge in [-0.15, -0.1) is 11.8 Å². The van der Waals surface area contributed by atoms with Crippen LogP contribution < -0.4 is 4.74 Å². The maximum absolute atomic E-state index is 13.0. The standard InChI is InChI=1S/C18H21N3O2S/c1-13-9-19-20(10-13)11-14-5-4-8-21(14)18(22)16-12-24-17-7-3-2-6-15(17)23-16/h2-3,6-7,9-10,14,16H,4-5,8,11-12H2,1H3/t14-,16-/m1/s1. The summed E-state index contributed by atoms with van der Waals surface area (Å²) in [5.41, 5.74) is 1.15. The van der Waals surface area contributed by atoms with Crippen molar-refractivity contribution in [2.45, 2.75) is 43.4 Å². The Morgan fingerprint density at radius 1 is 1.42 bits per heavy atom. The molecule has 0 N–H and O–H groups in total. The molecule has 4 rings (SSSR count). The van der Waals surface area contributed by atoms with Crippen molar-refractivity contribution in [1.82, 2.24) is 14.7 Å². The van der Waals surface area contributed by atoms with E-state index in [9.17, 15) is 4.79 Å². The lowest BCUT2D eigenvalue weighted by molar-refractivity contribution is -0.139. The quantitative estimate of drug-likeness (QED) is 0.860. The third-order valence-electron chi connectivity index (χ3n) is 4.60. The molecule has 2 aliphatic rings. The molecule has 126 valence electrons. The van der Waals surface area contributed by atoms with Crippen LogP contribution in [0.1, 0.15) is 18.4 Å². The van der Waals surface area contributed by atoms with E-state index < -0.39 is 0 Å². The van der Waals surface area contributed by atoms with Gasteiger partial charge < -0.3 is 9.64 Å². The largest absolute Gasteiger partial charge is 0.479 e. The van der Waals surface area contributed by atoms with Gasteiger partial charge in [0, 0.05) is 23.4 Å². The van der Waals surface area contributed by atoms with Gasteiger partial charge in [0.2, 0.25) is 0 Å². The summed E-state index contributed by atoms with van der Waals surface area (Å²) < 4.78 is 7.92. The average Bonchev–Trinajstić information content (AvgIpc) is 3.23. The molecule has 0 spiro atoms. The van der Waals surface area contributed by atoms with E-state index >= 15 is 0 Å². The Bertz CT molecular complexity index is 745. The van der Waals surface area contributed by atoms with Gasteiger partial charge in [0.25, 0.3) is 5.91 Å². The zero-order valence-corrected chi connectivity index (χ0v) is 14.5. The van der Waals surface area contributed by atoms with Crippen molar-refractivity contribution >= 4 is 17.7 Å². The molecule has 2 aliphatic heterocycles. The summed E-state index contributed by atoms with van der Waals surface area (Å²) >= 11 is 1.70. The first-order valence-electron chi connectivity index (χ1n) is 8.39. The van der Waals surface area contributed by atoms with Crippen LogP contribution in [0.4, 0.5) is 0 Å². The Balaban J connectivity index is 1.45. The predicted octanol–water partition coefficient (Wildman–Crippen LogP) is 2.74. The van der Waals surface area contributed by atoms with Crippen molar-refractivity contribution in [3.05, 3.63) is 42.2 Å². The van der Waals surface area contributed by atoms with Crippen LogP contribution >= 0.6 is 11.8 Å². The van der Waals surface area contributed by atoms with E-state index in [0.717, 1.165) is 42.1 Å². The van der Waals surface area contributed by atoms with Gasteiger partial charge in [-0.25, -0.2) is 0 Å².